The van der Waals surface area contributed by atoms with Crippen molar-refractivity contribution < 1.29 is 24.0 Å². The number of amides is 2. The monoisotopic (exact) mass is 415 g/mol. The molecule has 9 nitrogen and oxygen atoms in total. The Labute approximate surface area is 170 Å². The Morgan fingerprint density at radius 1 is 1.31 bits per heavy atom. The number of rotatable bonds is 5. The van der Waals surface area contributed by atoms with Crippen molar-refractivity contribution in [2.75, 3.05) is 23.0 Å². The molecule has 1 heterocycles. The molecule has 0 unspecified atom stereocenters. The molecule has 0 aromatic heterocycles. The summed E-state index contributed by atoms with van der Waals surface area (Å²) < 4.78 is 5.01. The topological polar surface area (TPSA) is 128 Å². The maximum atomic E-state index is 12.3. The molecule has 0 atom stereocenters. The molecule has 2 aromatic carbocycles. The van der Waals surface area contributed by atoms with Crippen molar-refractivity contribution in [1.82, 2.24) is 0 Å². The number of fused-ring (bicyclic) bond motifs is 1. The Hall–Kier alpha value is -3.40. The Balaban J connectivity index is 1.65. The van der Waals surface area contributed by atoms with E-state index in [1.807, 2.05) is 0 Å². The minimum absolute atomic E-state index is 0.0586. The van der Waals surface area contributed by atoms with E-state index in [1.165, 1.54) is 30.0 Å². The van der Waals surface area contributed by atoms with Gasteiger partial charge in [-0.25, -0.2) is 4.79 Å². The third-order valence-electron chi connectivity index (χ3n) is 4.12. The van der Waals surface area contributed by atoms with Crippen molar-refractivity contribution in [3.8, 4) is 0 Å². The Kier molecular flexibility index (Phi) is 6.13. The normalized spacial score (nSPS) is 12.9. The van der Waals surface area contributed by atoms with Crippen LogP contribution in [0.5, 0.6) is 0 Å². The molecule has 150 valence electrons. The Bertz CT molecular complexity index is 1010. The predicted molar refractivity (Wildman–Crippen MR) is 107 cm³/mol. The molecule has 0 spiro atoms. The van der Waals surface area contributed by atoms with Gasteiger partial charge in [0.25, 0.3) is 11.6 Å². The zero-order valence-electron chi connectivity index (χ0n) is 15.4. The largest absolute Gasteiger partial charge is 0.452 e. The van der Waals surface area contributed by atoms with Crippen LogP contribution < -0.4 is 10.6 Å². The van der Waals surface area contributed by atoms with E-state index in [-0.39, 0.29) is 22.8 Å². The molecule has 2 N–H and O–H groups in total. The first-order chi connectivity index (χ1) is 13.8. The lowest BCUT2D eigenvalue weighted by Crippen LogP contribution is -2.22. The summed E-state index contributed by atoms with van der Waals surface area (Å²) in [5, 5.41) is 16.2. The molecule has 0 fully saturated rings. The van der Waals surface area contributed by atoms with Gasteiger partial charge in [0, 0.05) is 23.1 Å². The number of hydrogen-bond donors (Lipinski definition) is 2. The van der Waals surface area contributed by atoms with E-state index in [0.29, 0.717) is 23.4 Å². The van der Waals surface area contributed by atoms with Gasteiger partial charge in [0.1, 0.15) is 5.69 Å². The minimum atomic E-state index is -0.745. The third-order valence-corrected chi connectivity index (χ3v) is 5.20. The molecular formula is C19H17N3O6S. The molecule has 1 aliphatic rings. The highest BCUT2D eigenvalue weighted by molar-refractivity contribution is 7.99. The number of nitro groups is 1. The summed E-state index contributed by atoms with van der Waals surface area (Å²) in [6.07, 6.45) is 0.379. The van der Waals surface area contributed by atoms with Crippen LogP contribution in [0.25, 0.3) is 0 Å². The van der Waals surface area contributed by atoms with Gasteiger partial charge in [0.2, 0.25) is 5.91 Å². The molecule has 2 amide bonds. The van der Waals surface area contributed by atoms with Gasteiger partial charge in [-0.2, -0.15) is 0 Å². The van der Waals surface area contributed by atoms with Crippen LogP contribution in [0.4, 0.5) is 17.1 Å². The third kappa shape index (κ3) is 4.91. The first-order valence-electron chi connectivity index (χ1n) is 8.63. The summed E-state index contributed by atoms with van der Waals surface area (Å²) in [6.45, 7) is 1.01. The smallest absolute Gasteiger partial charge is 0.338 e. The molecule has 2 aromatic rings. The average molecular weight is 415 g/mol. The maximum Gasteiger partial charge on any atom is 0.338 e. The van der Waals surface area contributed by atoms with Crippen LogP contribution in [0.3, 0.4) is 0 Å². The first-order valence-corrected chi connectivity index (χ1v) is 9.61. The number of nitro benzene ring substituents is 1. The molecule has 0 radical (unpaired) electrons. The SMILES string of the molecule is Cc1cccc([N+](=O)[O-])c1NC(=O)COC(=O)c1ccc2c(c1)NC(=O)CCS2. The standard InChI is InChI=1S/C19H17N3O6S/c1-11-3-2-4-14(22(26)27)18(11)21-17(24)10-28-19(25)12-5-6-15-13(9-12)20-16(23)7-8-29-15/h2-6,9H,7-8,10H2,1H3,(H,20,23)(H,21,24). The highest BCUT2D eigenvalue weighted by Crippen LogP contribution is 2.31. The number of para-hydroxylation sites is 1. The Morgan fingerprint density at radius 2 is 2.10 bits per heavy atom. The van der Waals surface area contributed by atoms with Gasteiger partial charge < -0.3 is 15.4 Å². The van der Waals surface area contributed by atoms with Gasteiger partial charge in [-0.05, 0) is 30.7 Å². The van der Waals surface area contributed by atoms with Crippen molar-refractivity contribution >= 4 is 46.6 Å². The number of anilines is 2. The number of thioether (sulfide) groups is 1. The van der Waals surface area contributed by atoms with Gasteiger partial charge in [-0.3, -0.25) is 19.7 Å². The number of esters is 1. The van der Waals surface area contributed by atoms with E-state index in [1.54, 1.807) is 25.1 Å². The molecule has 0 aliphatic carbocycles. The van der Waals surface area contributed by atoms with E-state index in [2.05, 4.69) is 10.6 Å². The van der Waals surface area contributed by atoms with E-state index in [0.717, 1.165) is 4.90 Å². The van der Waals surface area contributed by atoms with E-state index >= 15 is 0 Å². The molecule has 0 saturated heterocycles. The van der Waals surface area contributed by atoms with E-state index < -0.39 is 23.4 Å². The number of carbonyl (C=O) groups excluding carboxylic acids is 3. The Morgan fingerprint density at radius 3 is 2.86 bits per heavy atom. The molecule has 3 rings (SSSR count). The van der Waals surface area contributed by atoms with Gasteiger partial charge in [-0.1, -0.05) is 12.1 Å². The summed E-state index contributed by atoms with van der Waals surface area (Å²) >= 11 is 1.50. The lowest BCUT2D eigenvalue weighted by atomic mass is 10.1. The number of aryl methyl sites for hydroxylation is 1. The number of nitrogens with zero attached hydrogens (tertiary/aromatic N) is 1. The fraction of sp³-hybridized carbons (Fsp3) is 0.211. The highest BCUT2D eigenvalue weighted by Gasteiger charge is 2.20. The minimum Gasteiger partial charge on any atom is -0.452 e. The average Bonchev–Trinajstić information content (AvgIpc) is 2.87. The van der Waals surface area contributed by atoms with Gasteiger partial charge in [0.15, 0.2) is 6.61 Å². The van der Waals surface area contributed by atoms with Crippen LogP contribution in [0, 0.1) is 17.0 Å². The van der Waals surface area contributed by atoms with Gasteiger partial charge in [-0.15, -0.1) is 11.8 Å². The van der Waals surface area contributed by atoms with Gasteiger partial charge >= 0.3 is 5.97 Å². The van der Waals surface area contributed by atoms with Crippen molar-refractivity contribution in [3.05, 3.63) is 57.6 Å². The highest BCUT2D eigenvalue weighted by atomic mass is 32.2. The lowest BCUT2D eigenvalue weighted by molar-refractivity contribution is -0.384. The summed E-state index contributed by atoms with van der Waals surface area (Å²) in [4.78, 5) is 47.4. The van der Waals surface area contributed by atoms with Crippen LogP contribution in [-0.2, 0) is 14.3 Å². The lowest BCUT2D eigenvalue weighted by Gasteiger charge is -2.11. The fourth-order valence-electron chi connectivity index (χ4n) is 2.70. The van der Waals surface area contributed by atoms with Gasteiger partial charge in [0.05, 0.1) is 16.2 Å². The number of hydrogen-bond acceptors (Lipinski definition) is 7. The zero-order valence-corrected chi connectivity index (χ0v) is 16.2. The van der Waals surface area contributed by atoms with Crippen LogP contribution in [0.2, 0.25) is 0 Å². The number of ether oxygens (including phenoxy) is 1. The molecular weight excluding hydrogens is 398 g/mol. The van der Waals surface area contributed by atoms with Crippen LogP contribution in [0.15, 0.2) is 41.3 Å². The summed E-state index contributed by atoms with van der Waals surface area (Å²) in [7, 11) is 0. The van der Waals surface area contributed by atoms with Crippen LogP contribution in [0.1, 0.15) is 22.3 Å². The van der Waals surface area contributed by atoms with Crippen molar-refractivity contribution in [1.29, 1.82) is 0 Å². The summed E-state index contributed by atoms with van der Waals surface area (Å²) in [6, 6.07) is 9.17. The predicted octanol–water partition coefficient (Wildman–Crippen LogP) is 3.13. The number of nitrogens with one attached hydrogen (secondary N) is 2. The molecule has 0 saturated carbocycles. The quantitative estimate of drug-likeness (QED) is 0.436. The summed E-state index contributed by atoms with van der Waals surface area (Å²) in [5.74, 6) is -0.936. The number of carbonyl (C=O) groups is 3. The second-order valence-corrected chi connectivity index (χ2v) is 7.34. The summed E-state index contributed by atoms with van der Waals surface area (Å²) in [5.41, 5.74) is 1.03. The molecule has 1 aliphatic heterocycles. The van der Waals surface area contributed by atoms with Crippen molar-refractivity contribution in [2.24, 2.45) is 0 Å². The zero-order chi connectivity index (χ0) is 21.0. The van der Waals surface area contributed by atoms with E-state index in [9.17, 15) is 24.5 Å². The molecule has 29 heavy (non-hydrogen) atoms. The fourth-order valence-corrected chi connectivity index (χ4v) is 3.64. The van der Waals surface area contributed by atoms with Crippen molar-refractivity contribution in [3.63, 3.8) is 0 Å². The first kappa shape index (κ1) is 20.3. The number of benzene rings is 2. The molecule has 0 bridgehead atoms. The van der Waals surface area contributed by atoms with Crippen LogP contribution >= 0.6 is 11.8 Å². The maximum absolute atomic E-state index is 12.3. The molecule has 10 heteroatoms. The van der Waals surface area contributed by atoms with Crippen LogP contribution in [-0.4, -0.2) is 35.1 Å². The van der Waals surface area contributed by atoms with E-state index in [4.69, 9.17) is 4.74 Å². The second kappa shape index (κ2) is 8.74. The second-order valence-electron chi connectivity index (χ2n) is 6.21. The van der Waals surface area contributed by atoms with Crippen molar-refractivity contribution in [2.45, 2.75) is 18.2 Å².